The summed E-state index contributed by atoms with van der Waals surface area (Å²) in [5.74, 6) is -1.32. The quantitative estimate of drug-likeness (QED) is 0.683. The lowest BCUT2D eigenvalue weighted by atomic mass is 9.93. The van der Waals surface area contributed by atoms with Gasteiger partial charge in [0.2, 0.25) is 11.8 Å². The number of nitrogens with zero attached hydrogens (tertiary/aromatic N) is 2. The maximum absolute atomic E-state index is 12.5. The molecule has 22 heavy (non-hydrogen) atoms. The Kier molecular flexibility index (Phi) is 5.05. The molecule has 2 aliphatic heterocycles. The van der Waals surface area contributed by atoms with Crippen molar-refractivity contribution in [2.45, 2.75) is 38.8 Å². The molecule has 0 aliphatic carbocycles. The number of amides is 2. The molecule has 2 saturated heterocycles. The number of carboxylic acid groups (broad SMARTS) is 1. The van der Waals surface area contributed by atoms with Crippen molar-refractivity contribution in [2.24, 2.45) is 11.8 Å². The Morgan fingerprint density at radius 1 is 1.23 bits per heavy atom. The number of likely N-dealkylation sites (tertiary alicyclic amines) is 1. The van der Waals surface area contributed by atoms with Gasteiger partial charge in [-0.3, -0.25) is 9.59 Å². The molecule has 0 saturated carbocycles. The number of carbonyl (C=O) groups is 3. The predicted molar refractivity (Wildman–Crippen MR) is 80.1 cm³/mol. The molecule has 0 unspecified atom stereocenters. The number of hydrogen-bond acceptors (Lipinski definition) is 4. The van der Waals surface area contributed by atoms with Gasteiger partial charge in [0.25, 0.3) is 0 Å². The smallest absolute Gasteiger partial charge is 0.326 e. The third kappa shape index (κ3) is 3.58. The first-order valence-electron chi connectivity index (χ1n) is 7.84. The Hall–Kier alpha value is -1.63. The van der Waals surface area contributed by atoms with Crippen molar-refractivity contribution in [2.75, 3.05) is 26.7 Å². The number of carbonyl (C=O) groups excluding carboxylic acids is 2. The van der Waals surface area contributed by atoms with Crippen molar-refractivity contribution >= 4 is 17.8 Å². The zero-order valence-corrected chi connectivity index (χ0v) is 13.4. The van der Waals surface area contributed by atoms with Gasteiger partial charge in [0.15, 0.2) is 0 Å². The molecule has 2 aliphatic rings. The van der Waals surface area contributed by atoms with Crippen LogP contribution in [0, 0.1) is 11.8 Å². The number of likely N-dealkylation sites (N-methyl/N-ethyl adjacent to an activating group) is 1. The zero-order valence-electron chi connectivity index (χ0n) is 13.4. The van der Waals surface area contributed by atoms with Crippen LogP contribution in [0.1, 0.15) is 26.7 Å². The van der Waals surface area contributed by atoms with Crippen molar-refractivity contribution in [1.29, 1.82) is 0 Å². The summed E-state index contributed by atoms with van der Waals surface area (Å²) in [7, 11) is 1.56. The lowest BCUT2D eigenvalue weighted by molar-refractivity contribution is -0.153. The van der Waals surface area contributed by atoms with E-state index in [1.54, 1.807) is 25.8 Å². The van der Waals surface area contributed by atoms with Crippen LogP contribution in [-0.2, 0) is 14.4 Å². The van der Waals surface area contributed by atoms with Crippen LogP contribution in [0.25, 0.3) is 0 Å². The fourth-order valence-electron chi connectivity index (χ4n) is 3.12. The highest BCUT2D eigenvalue weighted by molar-refractivity contribution is 5.86. The first kappa shape index (κ1) is 16.7. The van der Waals surface area contributed by atoms with Crippen LogP contribution in [0.4, 0.5) is 0 Å². The number of hydrogen-bond donors (Lipinski definition) is 2. The number of piperidine rings is 1. The van der Waals surface area contributed by atoms with Gasteiger partial charge in [0.05, 0.1) is 6.04 Å². The summed E-state index contributed by atoms with van der Waals surface area (Å²) in [6.07, 6.45) is 1.21. The molecule has 7 nitrogen and oxygen atoms in total. The van der Waals surface area contributed by atoms with E-state index < -0.39 is 12.0 Å². The average Bonchev–Trinajstić information content (AvgIpc) is 3.29. The van der Waals surface area contributed by atoms with Crippen LogP contribution in [0.15, 0.2) is 0 Å². The molecule has 0 aromatic carbocycles. The second-order valence-electron chi connectivity index (χ2n) is 6.54. The highest BCUT2D eigenvalue weighted by atomic mass is 16.4. The Labute approximate surface area is 130 Å². The monoisotopic (exact) mass is 311 g/mol. The second kappa shape index (κ2) is 6.64. The molecule has 0 radical (unpaired) electrons. The summed E-state index contributed by atoms with van der Waals surface area (Å²) in [5.41, 5.74) is 0. The van der Waals surface area contributed by atoms with Crippen LogP contribution in [0.2, 0.25) is 0 Å². The fourth-order valence-corrected chi connectivity index (χ4v) is 3.12. The van der Waals surface area contributed by atoms with Crippen molar-refractivity contribution in [1.82, 2.24) is 15.1 Å². The SMILES string of the molecule is CC(C)[C@@H](C(=O)O)N(C)C(=O)C1CCN(C(=O)[C@@H]2CN2)CC1. The number of aliphatic carboxylic acids is 1. The van der Waals surface area contributed by atoms with Gasteiger partial charge >= 0.3 is 5.97 Å². The van der Waals surface area contributed by atoms with E-state index in [1.165, 1.54) is 4.90 Å². The zero-order chi connectivity index (χ0) is 16.4. The van der Waals surface area contributed by atoms with Crippen LogP contribution in [-0.4, -0.2) is 71.5 Å². The Morgan fingerprint density at radius 3 is 2.18 bits per heavy atom. The van der Waals surface area contributed by atoms with E-state index in [4.69, 9.17) is 0 Å². The number of rotatable bonds is 5. The van der Waals surface area contributed by atoms with Crippen molar-refractivity contribution < 1.29 is 19.5 Å². The van der Waals surface area contributed by atoms with Gasteiger partial charge < -0.3 is 20.2 Å². The highest BCUT2D eigenvalue weighted by Gasteiger charge is 2.38. The van der Waals surface area contributed by atoms with E-state index in [-0.39, 0.29) is 29.7 Å². The van der Waals surface area contributed by atoms with Crippen LogP contribution in [0.3, 0.4) is 0 Å². The topological polar surface area (TPSA) is 99.9 Å². The van der Waals surface area contributed by atoms with Crippen molar-refractivity contribution in [3.8, 4) is 0 Å². The van der Waals surface area contributed by atoms with Gasteiger partial charge in [-0.1, -0.05) is 13.8 Å². The fraction of sp³-hybridized carbons (Fsp3) is 0.800. The molecule has 2 atom stereocenters. The molecule has 2 fully saturated rings. The maximum atomic E-state index is 12.5. The predicted octanol–water partition coefficient (Wildman–Crippen LogP) is -0.236. The third-order valence-corrected chi connectivity index (χ3v) is 4.51. The standard InChI is InChI=1S/C15H25N3O4/c1-9(2)12(15(21)22)17(3)13(19)10-4-6-18(7-5-10)14(20)11-8-16-11/h9-12,16H,4-8H2,1-3H3,(H,21,22)/t11-,12-/m0/s1. The molecule has 0 aromatic heterocycles. The third-order valence-electron chi connectivity index (χ3n) is 4.51. The van der Waals surface area contributed by atoms with E-state index in [0.29, 0.717) is 25.9 Å². The molecule has 2 amide bonds. The molecule has 2 heterocycles. The molecule has 2 N–H and O–H groups in total. The van der Waals surface area contributed by atoms with Crippen LogP contribution >= 0.6 is 0 Å². The van der Waals surface area contributed by atoms with E-state index in [9.17, 15) is 19.5 Å². The molecule has 0 aromatic rings. The average molecular weight is 311 g/mol. The maximum Gasteiger partial charge on any atom is 0.326 e. The molecule has 0 bridgehead atoms. The molecular formula is C15H25N3O4. The summed E-state index contributed by atoms with van der Waals surface area (Å²) in [6.45, 7) is 5.48. The van der Waals surface area contributed by atoms with Gasteiger partial charge in [0, 0.05) is 32.6 Å². The molecule has 0 spiro atoms. The van der Waals surface area contributed by atoms with E-state index in [0.717, 1.165) is 6.54 Å². The summed E-state index contributed by atoms with van der Waals surface area (Å²) in [6, 6.07) is -0.838. The van der Waals surface area contributed by atoms with Gasteiger partial charge in [0.1, 0.15) is 6.04 Å². The summed E-state index contributed by atoms with van der Waals surface area (Å²) < 4.78 is 0. The summed E-state index contributed by atoms with van der Waals surface area (Å²) in [4.78, 5) is 39.0. The van der Waals surface area contributed by atoms with Gasteiger partial charge in [-0.2, -0.15) is 0 Å². The molecule has 7 heteroatoms. The Bertz CT molecular complexity index is 454. The van der Waals surface area contributed by atoms with Gasteiger partial charge in [-0.05, 0) is 18.8 Å². The van der Waals surface area contributed by atoms with Crippen LogP contribution in [0.5, 0.6) is 0 Å². The minimum Gasteiger partial charge on any atom is -0.480 e. The molecule has 2 rings (SSSR count). The van der Waals surface area contributed by atoms with Gasteiger partial charge in [-0.15, -0.1) is 0 Å². The Balaban J connectivity index is 1.90. The largest absolute Gasteiger partial charge is 0.480 e. The summed E-state index contributed by atoms with van der Waals surface area (Å²) >= 11 is 0. The molecule has 124 valence electrons. The van der Waals surface area contributed by atoms with Crippen molar-refractivity contribution in [3.63, 3.8) is 0 Å². The minimum absolute atomic E-state index is 0.0349. The number of carboxylic acids is 1. The minimum atomic E-state index is -0.974. The van der Waals surface area contributed by atoms with E-state index >= 15 is 0 Å². The second-order valence-corrected chi connectivity index (χ2v) is 6.54. The number of nitrogens with one attached hydrogen (secondary N) is 1. The van der Waals surface area contributed by atoms with E-state index in [2.05, 4.69) is 5.32 Å². The Morgan fingerprint density at radius 2 is 1.77 bits per heavy atom. The molecular weight excluding hydrogens is 286 g/mol. The van der Waals surface area contributed by atoms with E-state index in [1.807, 2.05) is 0 Å². The lowest BCUT2D eigenvalue weighted by Crippen LogP contribution is -2.50. The summed E-state index contributed by atoms with van der Waals surface area (Å²) in [5, 5.41) is 12.3. The van der Waals surface area contributed by atoms with Gasteiger partial charge in [-0.25, -0.2) is 4.79 Å². The highest BCUT2D eigenvalue weighted by Crippen LogP contribution is 2.23. The first-order chi connectivity index (χ1) is 10.3. The lowest BCUT2D eigenvalue weighted by Gasteiger charge is -2.35. The normalized spacial score (nSPS) is 23.3. The van der Waals surface area contributed by atoms with Crippen molar-refractivity contribution in [3.05, 3.63) is 0 Å². The first-order valence-corrected chi connectivity index (χ1v) is 7.84. The van der Waals surface area contributed by atoms with Crippen LogP contribution < -0.4 is 5.32 Å².